The first-order valence-electron chi connectivity index (χ1n) is 5.78. The molecule has 2 N–H and O–H groups in total. The summed E-state index contributed by atoms with van der Waals surface area (Å²) < 4.78 is 0. The number of anilines is 1. The van der Waals surface area contributed by atoms with Crippen molar-refractivity contribution in [3.63, 3.8) is 0 Å². The molecule has 0 aliphatic carbocycles. The first kappa shape index (κ1) is 14.4. The Labute approximate surface area is 127 Å². The molecule has 1 aromatic heterocycles. The van der Waals surface area contributed by atoms with Gasteiger partial charge in [-0.1, -0.05) is 36.0 Å². The minimum atomic E-state index is -0.249. The van der Waals surface area contributed by atoms with Crippen molar-refractivity contribution in [2.75, 3.05) is 11.9 Å². The average molecular weight is 306 g/mol. The molecule has 0 fully saturated rings. The van der Waals surface area contributed by atoms with Gasteiger partial charge in [0.25, 0.3) is 5.91 Å². The first-order chi connectivity index (χ1) is 9.52. The molecule has 0 atom stereocenters. The molecule has 1 aromatic carbocycles. The molecule has 0 saturated heterocycles. The molecule has 0 unspecified atom stereocenters. The summed E-state index contributed by atoms with van der Waals surface area (Å²) in [6, 6.07) is 8.76. The second kappa shape index (κ2) is 5.98. The predicted octanol–water partition coefficient (Wildman–Crippen LogP) is 2.65. The number of nitrogens with two attached hydrogens (primary N) is 1. The second-order valence-electron chi connectivity index (χ2n) is 4.10. The van der Waals surface area contributed by atoms with Crippen molar-refractivity contribution in [3.05, 3.63) is 58.9 Å². The number of hydrogen-bond acceptors (Lipinski definition) is 3. The number of pyridine rings is 1. The van der Waals surface area contributed by atoms with Crippen molar-refractivity contribution in [3.8, 4) is 0 Å². The lowest BCUT2D eigenvalue weighted by Crippen LogP contribution is -2.29. The van der Waals surface area contributed by atoms with Crippen LogP contribution in [0.15, 0.2) is 42.7 Å². The lowest BCUT2D eigenvalue weighted by Gasteiger charge is -2.20. The van der Waals surface area contributed by atoms with Gasteiger partial charge in [0.1, 0.15) is 4.99 Å². The highest BCUT2D eigenvalue weighted by Crippen LogP contribution is 2.23. The predicted molar refractivity (Wildman–Crippen MR) is 84.3 cm³/mol. The molecule has 0 aliphatic rings. The number of nitrogens with zero attached hydrogens (tertiary/aromatic N) is 2. The molecule has 1 heterocycles. The molecule has 6 heteroatoms. The van der Waals surface area contributed by atoms with Crippen LogP contribution in [0.5, 0.6) is 0 Å². The number of para-hydroxylation sites is 1. The zero-order chi connectivity index (χ0) is 14.7. The van der Waals surface area contributed by atoms with Crippen LogP contribution in [0.4, 0.5) is 5.69 Å². The zero-order valence-electron chi connectivity index (χ0n) is 10.7. The van der Waals surface area contributed by atoms with Gasteiger partial charge in [-0.15, -0.1) is 0 Å². The molecule has 0 spiro atoms. The summed E-state index contributed by atoms with van der Waals surface area (Å²) in [6.07, 6.45) is 2.95. The molecule has 0 saturated carbocycles. The smallest absolute Gasteiger partial charge is 0.259 e. The lowest BCUT2D eigenvalue weighted by molar-refractivity contribution is 0.0993. The third kappa shape index (κ3) is 2.79. The number of thiocarbonyl (C=S) groups is 1. The van der Waals surface area contributed by atoms with E-state index in [9.17, 15) is 4.79 Å². The first-order valence-corrected chi connectivity index (χ1v) is 6.57. The van der Waals surface area contributed by atoms with E-state index in [1.54, 1.807) is 25.2 Å². The summed E-state index contributed by atoms with van der Waals surface area (Å²) in [7, 11) is 1.65. The van der Waals surface area contributed by atoms with E-state index >= 15 is 0 Å². The largest absolute Gasteiger partial charge is 0.389 e. The fraction of sp³-hybridized carbons (Fsp3) is 0.0714. The molecule has 2 rings (SSSR count). The van der Waals surface area contributed by atoms with Gasteiger partial charge < -0.3 is 10.6 Å². The number of rotatable bonds is 3. The van der Waals surface area contributed by atoms with E-state index in [1.807, 2.05) is 12.1 Å². The van der Waals surface area contributed by atoms with Gasteiger partial charge in [-0.05, 0) is 18.2 Å². The minimum Gasteiger partial charge on any atom is -0.389 e. The highest BCUT2D eigenvalue weighted by Gasteiger charge is 2.19. The minimum absolute atomic E-state index is 0.237. The van der Waals surface area contributed by atoms with Gasteiger partial charge in [0, 0.05) is 25.0 Å². The molecule has 4 nitrogen and oxygen atoms in total. The Balaban J connectivity index is 2.42. The van der Waals surface area contributed by atoms with E-state index in [0.29, 0.717) is 21.8 Å². The molecule has 0 bridgehead atoms. The van der Waals surface area contributed by atoms with Gasteiger partial charge in [0.05, 0.1) is 16.3 Å². The van der Waals surface area contributed by atoms with Crippen molar-refractivity contribution in [2.45, 2.75) is 0 Å². The summed E-state index contributed by atoms with van der Waals surface area (Å²) in [6.45, 7) is 0. The number of aromatic nitrogens is 1. The van der Waals surface area contributed by atoms with E-state index in [2.05, 4.69) is 4.98 Å². The van der Waals surface area contributed by atoms with Gasteiger partial charge >= 0.3 is 0 Å². The van der Waals surface area contributed by atoms with Crippen molar-refractivity contribution in [1.29, 1.82) is 0 Å². The number of benzene rings is 1. The van der Waals surface area contributed by atoms with E-state index in [-0.39, 0.29) is 10.9 Å². The average Bonchev–Trinajstić information content (AvgIpc) is 2.46. The van der Waals surface area contributed by atoms with Crippen molar-refractivity contribution in [1.82, 2.24) is 4.98 Å². The van der Waals surface area contributed by atoms with Crippen molar-refractivity contribution in [2.24, 2.45) is 5.73 Å². The number of hydrogen-bond donors (Lipinski definition) is 1. The van der Waals surface area contributed by atoms with Crippen LogP contribution in [0.1, 0.15) is 15.9 Å². The number of carbonyl (C=O) groups is 1. The monoisotopic (exact) mass is 305 g/mol. The van der Waals surface area contributed by atoms with Crippen molar-refractivity contribution < 1.29 is 4.79 Å². The van der Waals surface area contributed by atoms with Crippen LogP contribution < -0.4 is 10.6 Å². The maximum atomic E-state index is 12.5. The summed E-state index contributed by atoms with van der Waals surface area (Å²) >= 11 is 11.0. The number of amides is 1. The topological polar surface area (TPSA) is 59.2 Å². The second-order valence-corrected chi connectivity index (χ2v) is 4.95. The third-order valence-electron chi connectivity index (χ3n) is 2.84. The number of halogens is 1. The molecule has 0 aliphatic heterocycles. The van der Waals surface area contributed by atoms with E-state index in [0.717, 1.165) is 0 Å². The Hall–Kier alpha value is -1.98. The highest BCUT2D eigenvalue weighted by atomic mass is 35.5. The van der Waals surface area contributed by atoms with E-state index < -0.39 is 0 Å². The summed E-state index contributed by atoms with van der Waals surface area (Å²) in [5.41, 5.74) is 7.33. The summed E-state index contributed by atoms with van der Waals surface area (Å²) in [4.78, 5) is 18.0. The molecule has 0 radical (unpaired) electrons. The fourth-order valence-corrected chi connectivity index (χ4v) is 2.19. The summed E-state index contributed by atoms with van der Waals surface area (Å²) in [5.74, 6) is -0.249. The van der Waals surface area contributed by atoms with Crippen LogP contribution in [0, 0.1) is 0 Å². The maximum Gasteiger partial charge on any atom is 0.259 e. The highest BCUT2D eigenvalue weighted by molar-refractivity contribution is 7.80. The molecule has 2 aromatic rings. The Morgan fingerprint density at radius 1 is 1.30 bits per heavy atom. The van der Waals surface area contributed by atoms with Gasteiger partial charge in [0.2, 0.25) is 0 Å². The van der Waals surface area contributed by atoms with Crippen LogP contribution in [-0.4, -0.2) is 22.9 Å². The van der Waals surface area contributed by atoms with Gasteiger partial charge in [-0.3, -0.25) is 9.78 Å². The van der Waals surface area contributed by atoms with Crippen LogP contribution in [0.25, 0.3) is 0 Å². The molecular weight excluding hydrogens is 294 g/mol. The van der Waals surface area contributed by atoms with Crippen LogP contribution in [0.2, 0.25) is 5.02 Å². The SMILES string of the molecule is CN(C(=O)c1ccncc1Cl)c1ccccc1C(N)=S. The van der Waals surface area contributed by atoms with Gasteiger partial charge in [-0.25, -0.2) is 0 Å². The van der Waals surface area contributed by atoms with E-state index in [4.69, 9.17) is 29.6 Å². The third-order valence-corrected chi connectivity index (χ3v) is 3.36. The Bertz CT molecular complexity index is 675. The molecular formula is C14H12ClN3OS. The summed E-state index contributed by atoms with van der Waals surface area (Å²) in [5, 5.41) is 0.303. The Kier molecular flexibility index (Phi) is 4.32. The Morgan fingerprint density at radius 3 is 2.65 bits per heavy atom. The maximum absolute atomic E-state index is 12.5. The van der Waals surface area contributed by atoms with E-state index in [1.165, 1.54) is 17.3 Å². The lowest BCUT2D eigenvalue weighted by atomic mass is 10.1. The number of carbonyl (C=O) groups excluding carboxylic acids is 1. The van der Waals surface area contributed by atoms with Crippen LogP contribution in [0.3, 0.4) is 0 Å². The van der Waals surface area contributed by atoms with Crippen LogP contribution >= 0.6 is 23.8 Å². The van der Waals surface area contributed by atoms with Crippen molar-refractivity contribution >= 4 is 40.4 Å². The molecule has 20 heavy (non-hydrogen) atoms. The molecule has 102 valence electrons. The quantitative estimate of drug-likeness (QED) is 0.886. The molecule has 1 amide bonds. The Morgan fingerprint density at radius 2 is 2.00 bits per heavy atom. The van der Waals surface area contributed by atoms with Crippen LogP contribution in [-0.2, 0) is 0 Å². The van der Waals surface area contributed by atoms with Gasteiger partial charge in [-0.2, -0.15) is 0 Å². The standard InChI is InChI=1S/C14H12ClN3OS/c1-18(12-5-3-2-4-10(12)13(16)20)14(19)9-6-7-17-8-11(9)15/h2-8H,1H3,(H2,16,20). The fourth-order valence-electron chi connectivity index (χ4n) is 1.81. The normalized spacial score (nSPS) is 10.1. The van der Waals surface area contributed by atoms with Gasteiger partial charge in [0.15, 0.2) is 0 Å². The zero-order valence-corrected chi connectivity index (χ0v) is 12.3.